The van der Waals surface area contributed by atoms with Gasteiger partial charge in [0.1, 0.15) is 34.8 Å². The predicted octanol–water partition coefficient (Wildman–Crippen LogP) is 2.29. The predicted molar refractivity (Wildman–Crippen MR) is 171 cm³/mol. The van der Waals surface area contributed by atoms with Crippen molar-refractivity contribution in [3.8, 4) is 23.6 Å². The number of aliphatic hydroxyl groups excluding tert-OH is 4. The number of anilines is 2. The molecule has 0 aliphatic rings. The Hall–Kier alpha value is -5.50. The fourth-order valence-electron chi connectivity index (χ4n) is 4.29. The third-order valence-electron chi connectivity index (χ3n) is 6.54. The Kier molecular flexibility index (Phi) is 13.9. The number of hydrogen-bond acceptors (Lipinski definition) is 12. The smallest absolute Gasteiger partial charge is 0.354 e. The normalized spacial score (nSPS) is 11.3. The number of ether oxygens (including phenoxy) is 2. The number of benzene rings is 3. The van der Waals surface area contributed by atoms with Crippen LogP contribution in [0.25, 0.3) is 12.2 Å². The number of nitriles is 2. The van der Waals surface area contributed by atoms with E-state index in [4.69, 9.17) is 9.47 Å². The van der Waals surface area contributed by atoms with Crippen molar-refractivity contribution in [3.05, 3.63) is 95.1 Å². The fourth-order valence-corrected chi connectivity index (χ4v) is 4.29. The first-order valence-corrected chi connectivity index (χ1v) is 14.3. The van der Waals surface area contributed by atoms with Crippen molar-refractivity contribution in [1.82, 2.24) is 0 Å². The maximum Gasteiger partial charge on any atom is 0.354 e. The Labute approximate surface area is 266 Å². The zero-order valence-electron chi connectivity index (χ0n) is 25.0. The number of hydrogen-bond donors (Lipinski definition) is 4. The molecule has 0 saturated heterocycles. The van der Waals surface area contributed by atoms with E-state index in [1.807, 2.05) is 12.1 Å². The highest BCUT2D eigenvalue weighted by molar-refractivity contribution is 6.00. The molecule has 0 aliphatic heterocycles. The van der Waals surface area contributed by atoms with Gasteiger partial charge in [0.05, 0.1) is 26.4 Å². The molecule has 0 aromatic heterocycles. The summed E-state index contributed by atoms with van der Waals surface area (Å²) in [4.78, 5) is 28.9. The highest BCUT2D eigenvalue weighted by Gasteiger charge is 2.15. The molecule has 0 saturated carbocycles. The van der Waals surface area contributed by atoms with E-state index >= 15 is 0 Å². The molecule has 12 nitrogen and oxygen atoms in total. The van der Waals surface area contributed by atoms with Gasteiger partial charge in [-0.1, -0.05) is 24.3 Å². The summed E-state index contributed by atoms with van der Waals surface area (Å²) < 4.78 is 10.6. The van der Waals surface area contributed by atoms with E-state index in [0.29, 0.717) is 37.3 Å². The molecular formula is C34H34N4O8. The lowest BCUT2D eigenvalue weighted by Crippen LogP contribution is -2.29. The van der Waals surface area contributed by atoms with Gasteiger partial charge < -0.3 is 39.7 Å². The molecule has 4 N–H and O–H groups in total. The van der Waals surface area contributed by atoms with Crippen LogP contribution in [0.5, 0.6) is 11.5 Å². The van der Waals surface area contributed by atoms with E-state index in [0.717, 1.165) is 11.4 Å². The molecule has 238 valence electrons. The molecule has 3 rings (SSSR count). The number of carbonyl (C=O) groups is 2. The first-order valence-electron chi connectivity index (χ1n) is 14.3. The van der Waals surface area contributed by atoms with Crippen LogP contribution in [0.2, 0.25) is 0 Å². The van der Waals surface area contributed by atoms with Crippen LogP contribution in [0.4, 0.5) is 11.4 Å². The van der Waals surface area contributed by atoms with Crippen LogP contribution in [0.1, 0.15) is 11.1 Å². The number of rotatable bonds is 16. The molecule has 46 heavy (non-hydrogen) atoms. The average Bonchev–Trinajstić information content (AvgIpc) is 3.07. The molecule has 0 unspecified atom stereocenters. The zero-order chi connectivity index (χ0) is 33.3. The Bertz CT molecular complexity index is 1460. The Morgan fingerprint density at radius 2 is 0.870 bits per heavy atom. The van der Waals surface area contributed by atoms with Crippen LogP contribution < -0.4 is 19.3 Å². The van der Waals surface area contributed by atoms with Gasteiger partial charge >= 0.3 is 11.9 Å². The molecule has 3 aromatic rings. The van der Waals surface area contributed by atoms with E-state index in [9.17, 15) is 40.5 Å². The van der Waals surface area contributed by atoms with Crippen LogP contribution in [-0.4, -0.2) is 85.0 Å². The van der Waals surface area contributed by atoms with Gasteiger partial charge in [0.25, 0.3) is 0 Å². The first kappa shape index (κ1) is 35.0. The molecule has 0 bridgehead atoms. The van der Waals surface area contributed by atoms with Crippen LogP contribution in [0.15, 0.2) is 83.9 Å². The summed E-state index contributed by atoms with van der Waals surface area (Å²) in [5.41, 5.74) is 2.14. The Balaban J connectivity index is 1.63. The molecule has 0 atom stereocenters. The summed E-state index contributed by atoms with van der Waals surface area (Å²) in [6.07, 6.45) is 2.74. The maximum absolute atomic E-state index is 12.7. The van der Waals surface area contributed by atoms with Gasteiger partial charge in [0.2, 0.25) is 0 Å². The summed E-state index contributed by atoms with van der Waals surface area (Å²) in [5, 5.41) is 56.0. The quantitative estimate of drug-likeness (QED) is 0.0788. The van der Waals surface area contributed by atoms with Gasteiger partial charge in [-0.05, 0) is 71.8 Å². The van der Waals surface area contributed by atoms with Crippen molar-refractivity contribution < 1.29 is 39.5 Å². The van der Waals surface area contributed by atoms with E-state index in [2.05, 4.69) is 0 Å². The van der Waals surface area contributed by atoms with E-state index in [1.54, 1.807) is 58.3 Å². The van der Waals surface area contributed by atoms with Crippen molar-refractivity contribution in [1.29, 1.82) is 10.5 Å². The van der Waals surface area contributed by atoms with E-state index < -0.39 is 11.9 Å². The number of nitrogens with zero attached hydrogens (tertiary/aromatic N) is 4. The third-order valence-corrected chi connectivity index (χ3v) is 6.54. The molecule has 0 amide bonds. The number of aliphatic hydroxyl groups is 4. The van der Waals surface area contributed by atoms with Gasteiger partial charge in [0.15, 0.2) is 0 Å². The van der Waals surface area contributed by atoms with Crippen LogP contribution >= 0.6 is 0 Å². The maximum atomic E-state index is 12.7. The summed E-state index contributed by atoms with van der Waals surface area (Å²) >= 11 is 0. The summed E-state index contributed by atoms with van der Waals surface area (Å²) in [6, 6.07) is 22.9. The fraction of sp³-hybridized carbons (Fsp3) is 0.235. The topological polar surface area (TPSA) is 188 Å². The first-order chi connectivity index (χ1) is 22.3. The second-order valence-electron chi connectivity index (χ2n) is 9.64. The van der Waals surface area contributed by atoms with Crippen molar-refractivity contribution in [3.63, 3.8) is 0 Å². The van der Waals surface area contributed by atoms with Crippen molar-refractivity contribution in [2.45, 2.75) is 0 Å². The van der Waals surface area contributed by atoms with Crippen molar-refractivity contribution in [2.75, 3.05) is 62.4 Å². The monoisotopic (exact) mass is 626 g/mol. The molecule has 3 aromatic carbocycles. The van der Waals surface area contributed by atoms with Gasteiger partial charge in [-0.3, -0.25) is 0 Å². The van der Waals surface area contributed by atoms with Gasteiger partial charge in [0, 0.05) is 37.6 Å². The summed E-state index contributed by atoms with van der Waals surface area (Å²) in [6.45, 7) is 1.04. The Morgan fingerprint density at radius 1 is 0.565 bits per heavy atom. The van der Waals surface area contributed by atoms with Gasteiger partial charge in [-0.15, -0.1) is 0 Å². The standard InChI is InChI=1S/C34H34N4O8/c35-23-27(21-25-1-5-29(6-2-25)37(13-17-39)14-18-40)33(43)45-31-9-11-32(12-10-31)46-34(44)28(24-36)22-26-3-7-30(8-4-26)38(15-19-41)16-20-42/h1-12,21-22,39-42H,13-20H2/b27-21+,28-22+. The number of carbonyl (C=O) groups excluding carboxylic acids is 2. The molecule has 0 fully saturated rings. The minimum atomic E-state index is -0.893. The largest absolute Gasteiger partial charge is 0.422 e. The van der Waals surface area contributed by atoms with E-state index in [-0.39, 0.29) is 49.1 Å². The molecular weight excluding hydrogens is 592 g/mol. The molecule has 0 aliphatic carbocycles. The molecule has 0 spiro atoms. The van der Waals surface area contributed by atoms with Gasteiger partial charge in [-0.25, -0.2) is 9.59 Å². The lowest BCUT2D eigenvalue weighted by atomic mass is 10.1. The minimum absolute atomic E-state index is 0.0803. The summed E-state index contributed by atoms with van der Waals surface area (Å²) in [5.74, 6) is -1.60. The van der Waals surface area contributed by atoms with Crippen LogP contribution in [0.3, 0.4) is 0 Å². The molecule has 12 heteroatoms. The van der Waals surface area contributed by atoms with Crippen LogP contribution in [-0.2, 0) is 9.59 Å². The lowest BCUT2D eigenvalue weighted by Gasteiger charge is -2.22. The number of esters is 2. The SMILES string of the molecule is N#C/C(=C\c1ccc(N(CCO)CCO)cc1)C(=O)Oc1ccc(OC(=O)/C(C#N)=C/c2ccc(N(CCO)CCO)cc2)cc1. The summed E-state index contributed by atoms with van der Waals surface area (Å²) in [7, 11) is 0. The van der Waals surface area contributed by atoms with E-state index in [1.165, 1.54) is 36.4 Å². The zero-order valence-corrected chi connectivity index (χ0v) is 25.0. The van der Waals surface area contributed by atoms with Crippen molar-refractivity contribution >= 4 is 35.5 Å². The second-order valence-corrected chi connectivity index (χ2v) is 9.64. The Morgan fingerprint density at radius 3 is 1.13 bits per heavy atom. The van der Waals surface area contributed by atoms with Crippen LogP contribution in [0, 0.1) is 22.7 Å². The molecule has 0 heterocycles. The van der Waals surface area contributed by atoms with Gasteiger partial charge in [-0.2, -0.15) is 10.5 Å². The second kappa shape index (κ2) is 18.3. The van der Waals surface area contributed by atoms with Crippen molar-refractivity contribution in [2.24, 2.45) is 0 Å². The lowest BCUT2D eigenvalue weighted by molar-refractivity contribution is -0.130. The minimum Gasteiger partial charge on any atom is -0.422 e. The molecule has 0 radical (unpaired) electrons. The average molecular weight is 627 g/mol. The third kappa shape index (κ3) is 10.3. The highest BCUT2D eigenvalue weighted by Crippen LogP contribution is 2.22. The highest BCUT2D eigenvalue weighted by atomic mass is 16.5.